The first-order valence-corrected chi connectivity index (χ1v) is 13.1. The number of esters is 1. The van der Waals surface area contributed by atoms with E-state index in [1.807, 2.05) is 0 Å². The second-order valence-electron chi connectivity index (χ2n) is 12.2. The zero-order valence-corrected chi connectivity index (χ0v) is 20.5. The molecule has 0 aliphatic heterocycles. The lowest BCUT2D eigenvalue weighted by Gasteiger charge is -2.64. The Balaban J connectivity index is 1.58. The lowest BCUT2D eigenvalue weighted by Crippen LogP contribution is -2.62. The van der Waals surface area contributed by atoms with Crippen LogP contribution in [0.4, 0.5) is 0 Å². The monoisotopic (exact) mass is 434 g/mol. The van der Waals surface area contributed by atoms with Crippen molar-refractivity contribution in [2.75, 3.05) is 7.11 Å². The number of hydrogen-bond acceptors (Lipinski definition) is 4. The highest BCUT2D eigenvalue weighted by Crippen LogP contribution is 2.69. The van der Waals surface area contributed by atoms with Crippen LogP contribution in [-0.2, 0) is 9.53 Å². The van der Waals surface area contributed by atoms with E-state index in [1.165, 1.54) is 32.8 Å². The quantitative estimate of drug-likeness (QED) is 0.584. The fourth-order valence-electron chi connectivity index (χ4n) is 9.58. The number of hydrogen-bond donors (Lipinski definition) is 2. The minimum atomic E-state index is -0.230. The molecule has 4 saturated carbocycles. The van der Waals surface area contributed by atoms with Crippen LogP contribution in [-0.4, -0.2) is 35.5 Å². The Kier molecular flexibility index (Phi) is 6.55. The molecule has 4 fully saturated rings. The summed E-state index contributed by atoms with van der Waals surface area (Å²) in [5, 5.41) is 22.2. The standard InChI is InChI=1S/C27H46O4/c1-6-18-22-15-17(28)11-13-27(22,4)21-12-14-26(3)19(16(2)7-10-23(29)31-5)8-9-20(26)24(21)25(18)30/h16-22,24-25,28,30H,6-15H2,1-5H3/t16-,17-,18-,19?,20+,21+,22?,24-,25-,26?,27+/m1/s1. The summed E-state index contributed by atoms with van der Waals surface area (Å²) in [6.45, 7) is 9.58. The van der Waals surface area contributed by atoms with Gasteiger partial charge in [-0.15, -0.1) is 0 Å². The summed E-state index contributed by atoms with van der Waals surface area (Å²) in [5.41, 5.74) is 0.535. The molecule has 0 heterocycles. The third kappa shape index (κ3) is 3.68. The number of aliphatic hydroxyl groups is 2. The van der Waals surface area contributed by atoms with Crippen molar-refractivity contribution in [1.82, 2.24) is 0 Å². The SMILES string of the molecule is CC[C@@H]1C2C[C@H](O)CC[C@@]2(C)[C@H]2CCC3(C)C([C@H](C)CCC(=O)OC)CC[C@H]3[C@H]2[C@@H]1O. The Morgan fingerprint density at radius 2 is 1.71 bits per heavy atom. The maximum atomic E-state index is 11.8. The Bertz CT molecular complexity index is 664. The van der Waals surface area contributed by atoms with E-state index in [0.717, 1.165) is 32.1 Å². The fourth-order valence-corrected chi connectivity index (χ4v) is 9.58. The molecule has 0 aromatic rings. The third-order valence-corrected chi connectivity index (χ3v) is 11.2. The van der Waals surface area contributed by atoms with Gasteiger partial charge in [-0.05, 0) is 104 Å². The van der Waals surface area contributed by atoms with E-state index >= 15 is 0 Å². The van der Waals surface area contributed by atoms with E-state index in [0.29, 0.717) is 47.8 Å². The van der Waals surface area contributed by atoms with E-state index in [1.54, 1.807) is 0 Å². The maximum absolute atomic E-state index is 11.8. The molecule has 2 N–H and O–H groups in total. The summed E-state index contributed by atoms with van der Waals surface area (Å²) in [6.07, 6.45) is 9.87. The van der Waals surface area contributed by atoms with Gasteiger partial charge >= 0.3 is 5.97 Å². The van der Waals surface area contributed by atoms with Crippen LogP contribution in [0.2, 0.25) is 0 Å². The van der Waals surface area contributed by atoms with Crippen molar-refractivity contribution >= 4 is 5.97 Å². The molecular formula is C27H46O4. The van der Waals surface area contributed by atoms with Crippen molar-refractivity contribution in [2.45, 2.75) is 104 Å². The van der Waals surface area contributed by atoms with Gasteiger partial charge < -0.3 is 14.9 Å². The molecule has 31 heavy (non-hydrogen) atoms. The normalized spacial score (nSPS) is 50.2. The van der Waals surface area contributed by atoms with Gasteiger partial charge in [0, 0.05) is 6.42 Å². The lowest BCUT2D eigenvalue weighted by molar-refractivity contribution is -0.203. The molecule has 4 rings (SSSR count). The largest absolute Gasteiger partial charge is 0.469 e. The van der Waals surface area contributed by atoms with Crippen LogP contribution < -0.4 is 0 Å². The molecule has 4 aliphatic rings. The van der Waals surface area contributed by atoms with Gasteiger partial charge in [0.15, 0.2) is 0 Å². The topological polar surface area (TPSA) is 66.8 Å². The molecule has 4 aliphatic carbocycles. The van der Waals surface area contributed by atoms with Crippen molar-refractivity contribution in [3.05, 3.63) is 0 Å². The van der Waals surface area contributed by atoms with E-state index in [2.05, 4.69) is 27.7 Å². The molecule has 0 bridgehead atoms. The molecule has 0 spiro atoms. The van der Waals surface area contributed by atoms with Gasteiger partial charge in [0.25, 0.3) is 0 Å². The Hall–Kier alpha value is -0.610. The van der Waals surface area contributed by atoms with Crippen LogP contribution in [0.3, 0.4) is 0 Å². The van der Waals surface area contributed by atoms with E-state index in [9.17, 15) is 15.0 Å². The first-order chi connectivity index (χ1) is 14.7. The number of methoxy groups -OCH3 is 1. The minimum Gasteiger partial charge on any atom is -0.469 e. The van der Waals surface area contributed by atoms with Gasteiger partial charge in [-0.2, -0.15) is 0 Å². The number of fused-ring (bicyclic) bond motifs is 5. The summed E-state index contributed by atoms with van der Waals surface area (Å²) in [5.74, 6) is 3.41. The van der Waals surface area contributed by atoms with Gasteiger partial charge in [0.2, 0.25) is 0 Å². The van der Waals surface area contributed by atoms with Crippen molar-refractivity contribution in [2.24, 2.45) is 52.3 Å². The summed E-state index contributed by atoms with van der Waals surface area (Å²) in [6, 6.07) is 0. The Labute approximate surface area is 189 Å². The molecule has 178 valence electrons. The van der Waals surface area contributed by atoms with Crippen LogP contribution >= 0.6 is 0 Å². The molecule has 0 saturated heterocycles. The van der Waals surface area contributed by atoms with E-state index < -0.39 is 0 Å². The molecule has 4 heteroatoms. The summed E-state index contributed by atoms with van der Waals surface area (Å²) in [4.78, 5) is 11.7. The molecule has 3 unspecified atom stereocenters. The van der Waals surface area contributed by atoms with Gasteiger partial charge in [0.1, 0.15) is 0 Å². The molecule has 0 amide bonds. The van der Waals surface area contributed by atoms with Gasteiger partial charge in [-0.25, -0.2) is 0 Å². The zero-order valence-electron chi connectivity index (χ0n) is 20.5. The highest BCUT2D eigenvalue weighted by molar-refractivity contribution is 5.69. The van der Waals surface area contributed by atoms with Crippen molar-refractivity contribution in [3.63, 3.8) is 0 Å². The van der Waals surface area contributed by atoms with Crippen LogP contribution in [0.5, 0.6) is 0 Å². The van der Waals surface area contributed by atoms with Gasteiger partial charge in [-0.3, -0.25) is 4.79 Å². The van der Waals surface area contributed by atoms with Crippen LogP contribution in [0.25, 0.3) is 0 Å². The van der Waals surface area contributed by atoms with Crippen molar-refractivity contribution in [3.8, 4) is 0 Å². The lowest BCUT2D eigenvalue weighted by atomic mass is 9.41. The zero-order chi connectivity index (χ0) is 22.6. The van der Waals surface area contributed by atoms with Crippen molar-refractivity contribution in [1.29, 1.82) is 0 Å². The highest BCUT2D eigenvalue weighted by atomic mass is 16.5. The fraction of sp³-hybridized carbons (Fsp3) is 0.963. The van der Waals surface area contributed by atoms with E-state index in [4.69, 9.17) is 4.74 Å². The number of ether oxygens (including phenoxy) is 1. The first kappa shape index (κ1) is 23.5. The van der Waals surface area contributed by atoms with Crippen LogP contribution in [0.1, 0.15) is 91.9 Å². The molecule has 0 radical (unpaired) electrons. The summed E-state index contributed by atoms with van der Waals surface area (Å²) in [7, 11) is 1.48. The minimum absolute atomic E-state index is 0.0952. The number of carbonyl (C=O) groups is 1. The first-order valence-electron chi connectivity index (χ1n) is 13.1. The summed E-state index contributed by atoms with van der Waals surface area (Å²) < 4.78 is 4.88. The predicted octanol–water partition coefficient (Wildman–Crippen LogP) is 5.20. The van der Waals surface area contributed by atoms with Gasteiger partial charge in [0.05, 0.1) is 19.3 Å². The maximum Gasteiger partial charge on any atom is 0.305 e. The molecule has 11 atom stereocenters. The molecular weight excluding hydrogens is 388 g/mol. The smallest absolute Gasteiger partial charge is 0.305 e. The Morgan fingerprint density at radius 3 is 2.39 bits per heavy atom. The van der Waals surface area contributed by atoms with Crippen molar-refractivity contribution < 1.29 is 19.7 Å². The predicted molar refractivity (Wildman–Crippen MR) is 122 cm³/mol. The van der Waals surface area contributed by atoms with Crippen LogP contribution in [0.15, 0.2) is 0 Å². The number of rotatable bonds is 5. The van der Waals surface area contributed by atoms with Gasteiger partial charge in [-0.1, -0.05) is 34.1 Å². The number of aliphatic hydroxyl groups excluding tert-OH is 2. The second kappa shape index (κ2) is 8.63. The Morgan fingerprint density at radius 1 is 1.03 bits per heavy atom. The third-order valence-electron chi connectivity index (χ3n) is 11.2. The molecule has 4 nitrogen and oxygen atoms in total. The second-order valence-corrected chi connectivity index (χ2v) is 12.2. The average Bonchev–Trinajstić information content (AvgIpc) is 3.10. The average molecular weight is 435 g/mol. The van der Waals surface area contributed by atoms with Crippen LogP contribution in [0, 0.1) is 52.3 Å². The van der Waals surface area contributed by atoms with E-state index in [-0.39, 0.29) is 29.0 Å². The molecule has 0 aromatic carbocycles. The number of carbonyl (C=O) groups excluding carboxylic acids is 1. The highest BCUT2D eigenvalue weighted by Gasteiger charge is 2.64. The summed E-state index contributed by atoms with van der Waals surface area (Å²) >= 11 is 0. The molecule has 0 aromatic heterocycles.